The lowest BCUT2D eigenvalue weighted by Crippen LogP contribution is -2.22. The highest BCUT2D eigenvalue weighted by Crippen LogP contribution is 2.41. The van der Waals surface area contributed by atoms with Crippen molar-refractivity contribution in [2.75, 3.05) is 5.73 Å². The van der Waals surface area contributed by atoms with Crippen molar-refractivity contribution in [1.29, 1.82) is 0 Å². The summed E-state index contributed by atoms with van der Waals surface area (Å²) in [5.74, 6) is 1.09. The van der Waals surface area contributed by atoms with Gasteiger partial charge in [0.05, 0.1) is 11.1 Å². The van der Waals surface area contributed by atoms with Crippen LogP contribution in [0.3, 0.4) is 0 Å². The Morgan fingerprint density at radius 1 is 1.25 bits per heavy atom. The predicted octanol–water partition coefficient (Wildman–Crippen LogP) is 1.81. The highest BCUT2D eigenvalue weighted by molar-refractivity contribution is 6.31. The second-order valence-corrected chi connectivity index (χ2v) is 4.69. The van der Waals surface area contributed by atoms with Crippen LogP contribution in [0.5, 0.6) is 0 Å². The van der Waals surface area contributed by atoms with Gasteiger partial charge in [0.15, 0.2) is 5.82 Å². The summed E-state index contributed by atoms with van der Waals surface area (Å²) in [6.07, 6.45) is 1.83. The Morgan fingerprint density at radius 3 is 2.69 bits per heavy atom. The number of anilines is 1. The number of rotatable bonds is 1. The summed E-state index contributed by atoms with van der Waals surface area (Å²) in [6.45, 7) is 0. The maximum atomic E-state index is 6.05. The Hall–Kier alpha value is -1.39. The van der Waals surface area contributed by atoms with E-state index < -0.39 is 0 Å². The van der Waals surface area contributed by atoms with Gasteiger partial charge in [0.1, 0.15) is 5.82 Å². The van der Waals surface area contributed by atoms with Crippen molar-refractivity contribution in [2.45, 2.75) is 18.4 Å². The number of nitrogens with zero attached hydrogens (tertiary/aromatic N) is 2. The van der Waals surface area contributed by atoms with Crippen LogP contribution in [-0.2, 0) is 5.54 Å². The molecule has 4 N–H and O–H groups in total. The Morgan fingerprint density at radius 2 is 2.00 bits per heavy atom. The fraction of sp³-hybridized carbons (Fsp3) is 0.273. The molecule has 1 aromatic heterocycles. The summed E-state index contributed by atoms with van der Waals surface area (Å²) in [4.78, 5) is 8.69. The molecule has 5 heteroatoms. The summed E-state index contributed by atoms with van der Waals surface area (Å²) in [6, 6.07) is 5.38. The zero-order valence-corrected chi connectivity index (χ0v) is 9.33. The van der Waals surface area contributed by atoms with E-state index in [0.29, 0.717) is 16.7 Å². The Labute approximate surface area is 97.6 Å². The maximum Gasteiger partial charge on any atom is 0.151 e. The first-order valence-electron chi connectivity index (χ1n) is 5.11. The van der Waals surface area contributed by atoms with Gasteiger partial charge in [-0.15, -0.1) is 0 Å². The average molecular weight is 235 g/mol. The zero-order valence-electron chi connectivity index (χ0n) is 8.57. The van der Waals surface area contributed by atoms with E-state index in [9.17, 15) is 0 Å². The minimum atomic E-state index is -0.370. The van der Waals surface area contributed by atoms with E-state index >= 15 is 0 Å². The van der Waals surface area contributed by atoms with Crippen molar-refractivity contribution in [3.63, 3.8) is 0 Å². The lowest BCUT2D eigenvalue weighted by Gasteiger charge is -2.09. The van der Waals surface area contributed by atoms with Crippen LogP contribution in [0.4, 0.5) is 5.82 Å². The molecule has 4 nitrogen and oxygen atoms in total. The fourth-order valence-electron chi connectivity index (χ4n) is 1.71. The molecule has 0 saturated heterocycles. The van der Waals surface area contributed by atoms with Gasteiger partial charge in [-0.25, -0.2) is 9.97 Å². The second-order valence-electron chi connectivity index (χ2n) is 4.25. The lowest BCUT2D eigenvalue weighted by molar-refractivity contribution is 0.679. The monoisotopic (exact) mass is 234 g/mol. The number of nitrogens with two attached hydrogens (primary N) is 2. The van der Waals surface area contributed by atoms with Crippen LogP contribution in [0.25, 0.3) is 10.9 Å². The molecule has 0 amide bonds. The number of aromatic nitrogens is 2. The molecule has 1 fully saturated rings. The molecule has 82 valence electrons. The largest absolute Gasteiger partial charge is 0.383 e. The van der Waals surface area contributed by atoms with E-state index in [4.69, 9.17) is 23.1 Å². The number of nitrogen functional groups attached to an aromatic ring is 1. The molecule has 1 heterocycles. The Balaban J connectivity index is 2.27. The number of hydrogen-bond donors (Lipinski definition) is 2. The van der Waals surface area contributed by atoms with Gasteiger partial charge in [0.2, 0.25) is 0 Å². The maximum absolute atomic E-state index is 6.05. The summed E-state index contributed by atoms with van der Waals surface area (Å²) in [7, 11) is 0. The summed E-state index contributed by atoms with van der Waals surface area (Å²) >= 11 is 5.92. The lowest BCUT2D eigenvalue weighted by atomic mass is 10.2. The minimum Gasteiger partial charge on any atom is -0.383 e. The van der Waals surface area contributed by atoms with Crippen molar-refractivity contribution in [2.24, 2.45) is 5.73 Å². The van der Waals surface area contributed by atoms with Gasteiger partial charge in [-0.1, -0.05) is 11.6 Å². The van der Waals surface area contributed by atoms with Crippen molar-refractivity contribution in [1.82, 2.24) is 9.97 Å². The van der Waals surface area contributed by atoms with Gasteiger partial charge in [0, 0.05) is 10.4 Å². The van der Waals surface area contributed by atoms with E-state index in [1.54, 1.807) is 12.1 Å². The molecule has 3 rings (SSSR count). The fourth-order valence-corrected chi connectivity index (χ4v) is 1.87. The third-order valence-electron chi connectivity index (χ3n) is 2.92. The van der Waals surface area contributed by atoms with Crippen molar-refractivity contribution >= 4 is 28.3 Å². The molecule has 1 aromatic carbocycles. The Bertz CT molecular complexity index is 577. The van der Waals surface area contributed by atoms with E-state index in [0.717, 1.165) is 23.7 Å². The van der Waals surface area contributed by atoms with Gasteiger partial charge < -0.3 is 11.5 Å². The predicted molar refractivity (Wildman–Crippen MR) is 64.1 cm³/mol. The van der Waals surface area contributed by atoms with Gasteiger partial charge in [-0.05, 0) is 31.0 Å². The smallest absolute Gasteiger partial charge is 0.151 e. The van der Waals surface area contributed by atoms with Crippen LogP contribution in [0, 0.1) is 0 Å². The normalized spacial score (nSPS) is 17.6. The summed E-state index contributed by atoms with van der Waals surface area (Å²) in [5, 5.41) is 1.45. The Kier molecular flexibility index (Phi) is 1.87. The third kappa shape index (κ3) is 1.42. The molecular weight excluding hydrogens is 224 g/mol. The highest BCUT2D eigenvalue weighted by atomic mass is 35.5. The molecule has 0 atom stereocenters. The molecule has 0 bridgehead atoms. The van der Waals surface area contributed by atoms with Gasteiger partial charge in [0.25, 0.3) is 0 Å². The van der Waals surface area contributed by atoms with Crippen LogP contribution >= 0.6 is 11.6 Å². The highest BCUT2D eigenvalue weighted by Gasteiger charge is 2.43. The van der Waals surface area contributed by atoms with Gasteiger partial charge in [-0.2, -0.15) is 0 Å². The van der Waals surface area contributed by atoms with Crippen LogP contribution in [0.2, 0.25) is 5.02 Å². The first-order chi connectivity index (χ1) is 7.58. The molecule has 0 aliphatic heterocycles. The van der Waals surface area contributed by atoms with Crippen LogP contribution in [-0.4, -0.2) is 9.97 Å². The first kappa shape index (κ1) is 9.81. The third-order valence-corrected chi connectivity index (χ3v) is 3.16. The molecule has 0 radical (unpaired) electrons. The van der Waals surface area contributed by atoms with Crippen LogP contribution in [0.15, 0.2) is 18.2 Å². The van der Waals surface area contributed by atoms with Crippen LogP contribution in [0.1, 0.15) is 18.7 Å². The van der Waals surface area contributed by atoms with Crippen LogP contribution < -0.4 is 11.5 Å². The molecule has 16 heavy (non-hydrogen) atoms. The standard InChI is InChI=1S/C11H11ClN4/c12-6-1-2-7-8(5-6)15-10(16-9(7)13)11(14)3-4-11/h1-2,5H,3-4,14H2,(H2,13,15,16). The average Bonchev–Trinajstić information content (AvgIpc) is 2.97. The van der Waals surface area contributed by atoms with E-state index in [2.05, 4.69) is 9.97 Å². The zero-order chi connectivity index (χ0) is 11.3. The first-order valence-corrected chi connectivity index (χ1v) is 5.48. The molecule has 0 unspecified atom stereocenters. The summed E-state index contributed by atoms with van der Waals surface area (Å²) < 4.78 is 0. The number of halogens is 1. The second kappa shape index (κ2) is 3.06. The molecule has 1 aliphatic carbocycles. The molecule has 1 aliphatic rings. The summed E-state index contributed by atoms with van der Waals surface area (Å²) in [5.41, 5.74) is 12.3. The number of fused-ring (bicyclic) bond motifs is 1. The molecule has 1 saturated carbocycles. The van der Waals surface area contributed by atoms with E-state index in [-0.39, 0.29) is 5.54 Å². The van der Waals surface area contributed by atoms with Gasteiger partial charge >= 0.3 is 0 Å². The minimum absolute atomic E-state index is 0.370. The molecule has 2 aromatic rings. The topological polar surface area (TPSA) is 77.8 Å². The number of hydrogen-bond acceptors (Lipinski definition) is 4. The van der Waals surface area contributed by atoms with Gasteiger partial charge in [-0.3, -0.25) is 0 Å². The molecular formula is C11H11ClN4. The van der Waals surface area contributed by atoms with Crippen molar-refractivity contribution in [3.8, 4) is 0 Å². The van der Waals surface area contributed by atoms with E-state index in [1.165, 1.54) is 0 Å². The van der Waals surface area contributed by atoms with Crippen molar-refractivity contribution < 1.29 is 0 Å². The van der Waals surface area contributed by atoms with E-state index in [1.807, 2.05) is 6.07 Å². The number of benzene rings is 1. The SMILES string of the molecule is Nc1nc(C2(N)CC2)nc2cc(Cl)ccc12. The quantitative estimate of drug-likeness (QED) is 0.789. The van der Waals surface area contributed by atoms with Crippen molar-refractivity contribution in [3.05, 3.63) is 29.0 Å². The molecule has 0 spiro atoms.